The van der Waals surface area contributed by atoms with E-state index in [9.17, 15) is 4.79 Å². The Morgan fingerprint density at radius 3 is 2.58 bits per heavy atom. The minimum Gasteiger partial charge on any atom is -0.338 e. The number of benzene rings is 2. The van der Waals surface area contributed by atoms with Gasteiger partial charge in [-0.1, -0.05) is 56.3 Å². The van der Waals surface area contributed by atoms with Gasteiger partial charge < -0.3 is 9.84 Å². The molecular formula is C27H34N4O2. The molecular weight excluding hydrogens is 412 g/mol. The van der Waals surface area contributed by atoms with Crippen LogP contribution in [0.4, 0.5) is 5.69 Å². The van der Waals surface area contributed by atoms with Crippen LogP contribution in [-0.2, 0) is 16.8 Å². The third kappa shape index (κ3) is 5.69. The Morgan fingerprint density at radius 2 is 1.88 bits per heavy atom. The van der Waals surface area contributed by atoms with Crippen LogP contribution < -0.4 is 5.32 Å². The van der Waals surface area contributed by atoms with Crippen molar-refractivity contribution in [2.24, 2.45) is 5.92 Å². The lowest BCUT2D eigenvalue weighted by Gasteiger charge is -2.30. The Morgan fingerprint density at radius 1 is 1.12 bits per heavy atom. The first-order valence-corrected chi connectivity index (χ1v) is 11.7. The van der Waals surface area contributed by atoms with Gasteiger partial charge in [-0.2, -0.15) is 4.98 Å². The van der Waals surface area contributed by atoms with E-state index in [4.69, 9.17) is 4.52 Å². The summed E-state index contributed by atoms with van der Waals surface area (Å²) in [6.45, 7) is 12.9. The van der Waals surface area contributed by atoms with E-state index in [0.29, 0.717) is 24.8 Å². The fourth-order valence-electron chi connectivity index (χ4n) is 4.22. The minimum absolute atomic E-state index is 0.0484. The molecule has 3 aromatic rings. The van der Waals surface area contributed by atoms with Gasteiger partial charge >= 0.3 is 0 Å². The summed E-state index contributed by atoms with van der Waals surface area (Å²) in [5.41, 5.74) is 5.59. The Hall–Kier alpha value is -2.99. The number of aromatic nitrogens is 2. The lowest BCUT2D eigenvalue weighted by Crippen LogP contribution is -2.40. The predicted molar refractivity (Wildman–Crippen MR) is 131 cm³/mol. The van der Waals surface area contributed by atoms with Gasteiger partial charge in [0, 0.05) is 17.8 Å². The normalized spacial score (nSPS) is 17.2. The number of carbonyl (C=O) groups is 1. The van der Waals surface area contributed by atoms with Gasteiger partial charge in [-0.3, -0.25) is 9.69 Å². The maximum atomic E-state index is 12.9. The lowest BCUT2D eigenvalue weighted by atomic mass is 9.87. The molecule has 1 atom stereocenters. The summed E-state index contributed by atoms with van der Waals surface area (Å²) in [5, 5.41) is 7.26. The first-order valence-electron chi connectivity index (χ1n) is 11.7. The molecule has 0 radical (unpaired) electrons. The molecule has 2 heterocycles. The zero-order valence-electron chi connectivity index (χ0n) is 20.3. The Labute approximate surface area is 196 Å². The number of carbonyl (C=O) groups excluding carboxylic acids is 1. The summed E-state index contributed by atoms with van der Waals surface area (Å²) in [6.07, 6.45) is 1.86. The average molecular weight is 447 g/mol. The molecule has 6 nitrogen and oxygen atoms in total. The van der Waals surface area contributed by atoms with Crippen LogP contribution in [-0.4, -0.2) is 34.0 Å². The van der Waals surface area contributed by atoms with Crippen molar-refractivity contribution in [1.82, 2.24) is 15.0 Å². The Kier molecular flexibility index (Phi) is 6.66. The zero-order valence-corrected chi connectivity index (χ0v) is 20.3. The highest BCUT2D eigenvalue weighted by molar-refractivity contribution is 5.92. The van der Waals surface area contributed by atoms with Crippen LogP contribution in [0.5, 0.6) is 0 Å². The maximum absolute atomic E-state index is 12.9. The van der Waals surface area contributed by atoms with Crippen molar-refractivity contribution in [3.8, 4) is 11.4 Å². The number of rotatable bonds is 5. The molecule has 1 N–H and O–H groups in total. The molecule has 6 heteroatoms. The van der Waals surface area contributed by atoms with E-state index >= 15 is 0 Å². The smallest absolute Gasteiger partial charge is 0.241 e. The number of amides is 1. The van der Waals surface area contributed by atoms with Gasteiger partial charge in [0.25, 0.3) is 0 Å². The molecule has 174 valence electrons. The van der Waals surface area contributed by atoms with E-state index in [0.717, 1.165) is 30.6 Å². The van der Waals surface area contributed by atoms with Gasteiger partial charge in [0.05, 0.1) is 12.5 Å². The predicted octanol–water partition coefficient (Wildman–Crippen LogP) is 5.50. The van der Waals surface area contributed by atoms with E-state index in [1.807, 2.05) is 30.3 Å². The second kappa shape index (κ2) is 9.48. The largest absolute Gasteiger partial charge is 0.338 e. The van der Waals surface area contributed by atoms with Gasteiger partial charge in [-0.05, 0) is 67.5 Å². The van der Waals surface area contributed by atoms with Crippen LogP contribution in [0.2, 0.25) is 0 Å². The lowest BCUT2D eigenvalue weighted by molar-refractivity contribution is -0.121. The summed E-state index contributed by atoms with van der Waals surface area (Å²) in [7, 11) is 0. The third-order valence-electron chi connectivity index (χ3n) is 6.49. The summed E-state index contributed by atoms with van der Waals surface area (Å²) in [5.74, 6) is 1.22. The first-order chi connectivity index (χ1) is 15.7. The van der Waals surface area contributed by atoms with E-state index in [1.165, 1.54) is 16.7 Å². The average Bonchev–Trinajstić information content (AvgIpc) is 3.24. The van der Waals surface area contributed by atoms with Gasteiger partial charge in [0.1, 0.15) is 0 Å². The number of hydrogen-bond donors (Lipinski definition) is 1. The zero-order chi connectivity index (χ0) is 23.6. The molecule has 2 aromatic carbocycles. The molecule has 1 saturated heterocycles. The second-order valence-corrected chi connectivity index (χ2v) is 10.2. The molecule has 1 aliphatic rings. The van der Waals surface area contributed by atoms with Gasteiger partial charge in [-0.15, -0.1) is 0 Å². The molecule has 0 saturated carbocycles. The maximum Gasteiger partial charge on any atom is 0.241 e. The van der Waals surface area contributed by atoms with E-state index in [1.54, 1.807) is 0 Å². The SMILES string of the molecule is Cc1ccc(NC(=O)C2CCCN(Cc3nc(-c4ccc(C(C)(C)C)cc4)no3)C2)cc1C. The molecule has 0 bridgehead atoms. The second-order valence-electron chi connectivity index (χ2n) is 10.2. The molecule has 1 aliphatic heterocycles. The van der Waals surface area contributed by atoms with Crippen LogP contribution in [0.15, 0.2) is 47.0 Å². The third-order valence-corrected chi connectivity index (χ3v) is 6.49. The standard InChI is InChI=1S/C27H34N4O2/c1-18-8-13-23(15-19(18)2)28-26(32)21-7-6-14-31(16-21)17-24-29-25(30-33-24)20-9-11-22(12-10-20)27(3,4)5/h8-13,15,21H,6-7,14,16-17H2,1-5H3,(H,28,32). The van der Waals surface area contributed by atoms with E-state index in [2.05, 4.69) is 67.1 Å². The van der Waals surface area contributed by atoms with Gasteiger partial charge in [0.2, 0.25) is 17.6 Å². The van der Waals surface area contributed by atoms with Crippen LogP contribution in [0.25, 0.3) is 11.4 Å². The molecule has 4 rings (SSSR count). The molecule has 0 spiro atoms. The number of anilines is 1. The summed E-state index contributed by atoms with van der Waals surface area (Å²) < 4.78 is 5.53. The topological polar surface area (TPSA) is 71.3 Å². The Balaban J connectivity index is 1.36. The summed E-state index contributed by atoms with van der Waals surface area (Å²) in [6, 6.07) is 14.4. The number of aryl methyl sites for hydroxylation is 2. The van der Waals surface area contributed by atoms with Crippen LogP contribution in [0.1, 0.15) is 56.2 Å². The highest BCUT2D eigenvalue weighted by atomic mass is 16.5. The van der Waals surface area contributed by atoms with Gasteiger partial charge in [-0.25, -0.2) is 0 Å². The first kappa shape index (κ1) is 23.2. The van der Waals surface area contributed by atoms with Crippen molar-refractivity contribution >= 4 is 11.6 Å². The van der Waals surface area contributed by atoms with Gasteiger partial charge in [0.15, 0.2) is 0 Å². The fraction of sp³-hybridized carbons (Fsp3) is 0.444. The van der Waals surface area contributed by atoms with Crippen molar-refractivity contribution in [2.75, 3.05) is 18.4 Å². The highest BCUT2D eigenvalue weighted by Gasteiger charge is 2.27. The van der Waals surface area contributed by atoms with E-state index in [-0.39, 0.29) is 17.2 Å². The van der Waals surface area contributed by atoms with Crippen LogP contribution >= 0.6 is 0 Å². The molecule has 0 aliphatic carbocycles. The quantitative estimate of drug-likeness (QED) is 0.560. The minimum atomic E-state index is -0.0484. The Bertz CT molecular complexity index is 1110. The molecule has 33 heavy (non-hydrogen) atoms. The number of hydrogen-bond acceptors (Lipinski definition) is 5. The van der Waals surface area contributed by atoms with Crippen molar-refractivity contribution in [3.63, 3.8) is 0 Å². The molecule has 1 aromatic heterocycles. The number of nitrogens with zero attached hydrogens (tertiary/aromatic N) is 3. The molecule has 1 fully saturated rings. The number of nitrogens with one attached hydrogen (secondary N) is 1. The number of likely N-dealkylation sites (tertiary alicyclic amines) is 1. The van der Waals surface area contributed by atoms with Crippen molar-refractivity contribution in [3.05, 3.63) is 65.0 Å². The van der Waals surface area contributed by atoms with Crippen molar-refractivity contribution < 1.29 is 9.32 Å². The fourth-order valence-corrected chi connectivity index (χ4v) is 4.22. The van der Waals surface area contributed by atoms with Crippen molar-refractivity contribution in [1.29, 1.82) is 0 Å². The van der Waals surface area contributed by atoms with E-state index < -0.39 is 0 Å². The number of piperidine rings is 1. The highest BCUT2D eigenvalue weighted by Crippen LogP contribution is 2.26. The monoisotopic (exact) mass is 446 g/mol. The summed E-state index contributed by atoms with van der Waals surface area (Å²) in [4.78, 5) is 19.7. The molecule has 1 amide bonds. The van der Waals surface area contributed by atoms with Crippen LogP contribution in [0.3, 0.4) is 0 Å². The van der Waals surface area contributed by atoms with Crippen molar-refractivity contribution in [2.45, 2.75) is 59.4 Å². The summed E-state index contributed by atoms with van der Waals surface area (Å²) >= 11 is 0. The van der Waals surface area contributed by atoms with Crippen LogP contribution in [0, 0.1) is 19.8 Å². The molecule has 1 unspecified atom stereocenters.